The SMILES string of the molecule is CN(C)C(=O)c1cc(NC(=O)c2ccc(I)cc2)ccn1. The van der Waals surface area contributed by atoms with Gasteiger partial charge >= 0.3 is 0 Å². The summed E-state index contributed by atoms with van der Waals surface area (Å²) in [5.74, 6) is -0.429. The molecule has 21 heavy (non-hydrogen) atoms. The van der Waals surface area contributed by atoms with Crippen LogP contribution in [0.3, 0.4) is 0 Å². The molecule has 1 heterocycles. The molecule has 0 saturated carbocycles. The topological polar surface area (TPSA) is 62.3 Å². The Morgan fingerprint density at radius 1 is 1.14 bits per heavy atom. The van der Waals surface area contributed by atoms with Crippen molar-refractivity contribution < 1.29 is 9.59 Å². The van der Waals surface area contributed by atoms with Crippen molar-refractivity contribution in [1.82, 2.24) is 9.88 Å². The van der Waals surface area contributed by atoms with E-state index in [9.17, 15) is 9.59 Å². The molecule has 0 spiro atoms. The Bertz CT molecular complexity index is 669. The lowest BCUT2D eigenvalue weighted by Gasteiger charge is -2.11. The molecular weight excluding hydrogens is 381 g/mol. The molecule has 2 aromatic rings. The van der Waals surface area contributed by atoms with Gasteiger partial charge in [0.2, 0.25) is 0 Å². The molecule has 1 aromatic heterocycles. The van der Waals surface area contributed by atoms with Gasteiger partial charge < -0.3 is 10.2 Å². The Balaban J connectivity index is 2.16. The third-order valence-electron chi connectivity index (χ3n) is 2.75. The number of anilines is 1. The van der Waals surface area contributed by atoms with Crippen LogP contribution in [0.1, 0.15) is 20.8 Å². The lowest BCUT2D eigenvalue weighted by atomic mass is 10.2. The number of hydrogen-bond acceptors (Lipinski definition) is 3. The van der Waals surface area contributed by atoms with E-state index in [-0.39, 0.29) is 11.8 Å². The molecule has 2 rings (SSSR count). The highest BCUT2D eigenvalue weighted by Gasteiger charge is 2.11. The number of pyridine rings is 1. The van der Waals surface area contributed by atoms with Crippen LogP contribution in [0.15, 0.2) is 42.6 Å². The Morgan fingerprint density at radius 3 is 2.43 bits per heavy atom. The minimum absolute atomic E-state index is 0.208. The average molecular weight is 395 g/mol. The van der Waals surface area contributed by atoms with E-state index in [0.717, 1.165) is 3.57 Å². The van der Waals surface area contributed by atoms with Crippen LogP contribution < -0.4 is 5.32 Å². The molecule has 0 fully saturated rings. The van der Waals surface area contributed by atoms with Crippen LogP contribution in [0.4, 0.5) is 5.69 Å². The number of aromatic nitrogens is 1. The molecule has 0 aliphatic carbocycles. The highest BCUT2D eigenvalue weighted by molar-refractivity contribution is 14.1. The quantitative estimate of drug-likeness (QED) is 0.813. The van der Waals surface area contributed by atoms with E-state index in [2.05, 4.69) is 32.9 Å². The Hall–Kier alpha value is -1.96. The lowest BCUT2D eigenvalue weighted by Crippen LogP contribution is -2.23. The van der Waals surface area contributed by atoms with Crippen molar-refractivity contribution in [3.8, 4) is 0 Å². The maximum absolute atomic E-state index is 12.1. The number of halogens is 1. The Morgan fingerprint density at radius 2 is 1.81 bits per heavy atom. The summed E-state index contributed by atoms with van der Waals surface area (Å²) >= 11 is 2.18. The van der Waals surface area contributed by atoms with Crippen molar-refractivity contribution in [3.05, 3.63) is 57.4 Å². The molecular formula is C15H14IN3O2. The van der Waals surface area contributed by atoms with Crippen LogP contribution in [0.5, 0.6) is 0 Å². The number of nitrogens with zero attached hydrogens (tertiary/aromatic N) is 2. The van der Waals surface area contributed by atoms with E-state index in [1.807, 2.05) is 12.1 Å². The summed E-state index contributed by atoms with van der Waals surface area (Å²) in [7, 11) is 3.31. The average Bonchev–Trinajstić information content (AvgIpc) is 2.47. The maximum Gasteiger partial charge on any atom is 0.272 e. The first-order chi connectivity index (χ1) is 9.97. The van der Waals surface area contributed by atoms with Crippen LogP contribution in [-0.2, 0) is 0 Å². The summed E-state index contributed by atoms with van der Waals surface area (Å²) in [6, 6.07) is 10.4. The van der Waals surface area contributed by atoms with Gasteiger partial charge in [-0.2, -0.15) is 0 Å². The highest BCUT2D eigenvalue weighted by atomic mass is 127. The molecule has 0 aliphatic heterocycles. The van der Waals surface area contributed by atoms with Gasteiger partial charge in [-0.1, -0.05) is 0 Å². The third kappa shape index (κ3) is 4.01. The van der Waals surface area contributed by atoms with Gasteiger partial charge in [-0.15, -0.1) is 0 Å². The standard InChI is InChI=1S/C15H14IN3O2/c1-19(2)15(21)13-9-12(7-8-17-13)18-14(20)10-3-5-11(16)6-4-10/h3-9H,1-2H3,(H,17,18,20). The summed E-state index contributed by atoms with van der Waals surface area (Å²) in [6.45, 7) is 0. The van der Waals surface area contributed by atoms with Gasteiger partial charge in [-0.25, -0.2) is 0 Å². The van der Waals surface area contributed by atoms with Crippen LogP contribution in [0.2, 0.25) is 0 Å². The smallest absolute Gasteiger partial charge is 0.272 e. The number of rotatable bonds is 3. The van der Waals surface area contributed by atoms with Crippen molar-refractivity contribution in [2.75, 3.05) is 19.4 Å². The zero-order valence-corrected chi connectivity index (χ0v) is 13.8. The van der Waals surface area contributed by atoms with Crippen molar-refractivity contribution >= 4 is 40.1 Å². The summed E-state index contributed by atoms with van der Waals surface area (Å²) in [4.78, 5) is 29.4. The van der Waals surface area contributed by atoms with Crippen molar-refractivity contribution in [1.29, 1.82) is 0 Å². The predicted octanol–water partition coefficient (Wildman–Crippen LogP) is 2.64. The zero-order chi connectivity index (χ0) is 15.4. The predicted molar refractivity (Wildman–Crippen MR) is 89.4 cm³/mol. The van der Waals surface area contributed by atoms with Crippen molar-refractivity contribution in [2.45, 2.75) is 0 Å². The van der Waals surface area contributed by atoms with E-state index in [0.29, 0.717) is 16.9 Å². The van der Waals surface area contributed by atoms with Gasteiger partial charge in [0.1, 0.15) is 5.69 Å². The first-order valence-corrected chi connectivity index (χ1v) is 7.30. The number of carbonyl (C=O) groups excluding carboxylic acids is 2. The molecule has 0 aliphatic rings. The van der Waals surface area contributed by atoms with Crippen LogP contribution in [-0.4, -0.2) is 35.8 Å². The molecule has 0 unspecified atom stereocenters. The second-order valence-corrected chi connectivity index (χ2v) is 5.84. The lowest BCUT2D eigenvalue weighted by molar-refractivity contribution is 0.0821. The Kier molecular flexibility index (Phi) is 4.89. The number of benzene rings is 1. The van der Waals surface area contributed by atoms with Gasteiger partial charge in [-0.05, 0) is 59.0 Å². The van der Waals surface area contributed by atoms with Gasteiger partial charge in [0.05, 0.1) is 0 Å². The van der Waals surface area contributed by atoms with E-state index < -0.39 is 0 Å². The number of hydrogen-bond donors (Lipinski definition) is 1. The third-order valence-corrected chi connectivity index (χ3v) is 3.47. The molecule has 0 bridgehead atoms. The fraction of sp³-hybridized carbons (Fsp3) is 0.133. The molecule has 1 N–H and O–H groups in total. The van der Waals surface area contributed by atoms with E-state index in [1.54, 1.807) is 38.4 Å². The van der Waals surface area contributed by atoms with Crippen molar-refractivity contribution in [2.24, 2.45) is 0 Å². The summed E-state index contributed by atoms with van der Waals surface area (Å²) < 4.78 is 1.06. The molecule has 0 saturated heterocycles. The molecule has 108 valence electrons. The van der Waals surface area contributed by atoms with E-state index >= 15 is 0 Å². The molecule has 0 atom stereocenters. The second kappa shape index (κ2) is 6.66. The normalized spacial score (nSPS) is 10.0. The summed E-state index contributed by atoms with van der Waals surface area (Å²) in [5.41, 5.74) is 1.40. The molecule has 6 heteroatoms. The monoisotopic (exact) mass is 395 g/mol. The van der Waals surface area contributed by atoms with E-state index in [1.165, 1.54) is 11.1 Å². The highest BCUT2D eigenvalue weighted by Crippen LogP contribution is 2.12. The summed E-state index contributed by atoms with van der Waals surface area (Å²) in [5, 5.41) is 2.76. The first kappa shape index (κ1) is 15.4. The first-order valence-electron chi connectivity index (χ1n) is 6.22. The zero-order valence-electron chi connectivity index (χ0n) is 11.6. The van der Waals surface area contributed by atoms with E-state index in [4.69, 9.17) is 0 Å². The molecule has 5 nitrogen and oxygen atoms in total. The van der Waals surface area contributed by atoms with Gasteiger partial charge in [0.25, 0.3) is 11.8 Å². The van der Waals surface area contributed by atoms with Crippen LogP contribution >= 0.6 is 22.6 Å². The molecule has 2 amide bonds. The van der Waals surface area contributed by atoms with Gasteiger partial charge in [-0.3, -0.25) is 14.6 Å². The van der Waals surface area contributed by atoms with Crippen LogP contribution in [0, 0.1) is 3.57 Å². The number of nitrogens with one attached hydrogen (secondary N) is 1. The van der Waals surface area contributed by atoms with Crippen molar-refractivity contribution in [3.63, 3.8) is 0 Å². The van der Waals surface area contributed by atoms with Gasteiger partial charge in [0, 0.05) is 35.1 Å². The Labute approximate surface area is 136 Å². The molecule has 0 radical (unpaired) electrons. The minimum Gasteiger partial charge on any atom is -0.343 e. The number of amides is 2. The minimum atomic E-state index is -0.221. The largest absolute Gasteiger partial charge is 0.343 e. The summed E-state index contributed by atoms with van der Waals surface area (Å²) in [6.07, 6.45) is 1.50. The second-order valence-electron chi connectivity index (χ2n) is 4.59. The van der Waals surface area contributed by atoms with Crippen LogP contribution in [0.25, 0.3) is 0 Å². The maximum atomic E-state index is 12.1. The fourth-order valence-electron chi connectivity index (χ4n) is 1.66. The van der Waals surface area contributed by atoms with Gasteiger partial charge in [0.15, 0.2) is 0 Å². The number of carbonyl (C=O) groups is 2. The fourth-order valence-corrected chi connectivity index (χ4v) is 2.02. The molecule has 1 aromatic carbocycles.